The Hall–Kier alpha value is -2.82. The molecule has 0 spiro atoms. The van der Waals surface area contributed by atoms with Crippen LogP contribution < -0.4 is 10.5 Å². The minimum atomic E-state index is 0.607. The normalized spacial score (nSPS) is 10.6. The Morgan fingerprint density at radius 1 is 1.14 bits per heavy atom. The van der Waals surface area contributed by atoms with Gasteiger partial charge in [-0.3, -0.25) is 4.98 Å². The zero-order chi connectivity index (χ0) is 14.8. The van der Waals surface area contributed by atoms with E-state index in [1.54, 1.807) is 30.4 Å². The topological polar surface area (TPSA) is 66.0 Å². The fourth-order valence-corrected chi connectivity index (χ4v) is 2.23. The fourth-order valence-electron chi connectivity index (χ4n) is 2.23. The van der Waals surface area contributed by atoms with E-state index in [1.165, 1.54) is 0 Å². The van der Waals surface area contributed by atoms with Crippen LogP contribution in [0.2, 0.25) is 0 Å². The van der Waals surface area contributed by atoms with Crippen LogP contribution in [0, 0.1) is 6.92 Å². The summed E-state index contributed by atoms with van der Waals surface area (Å²) in [5.41, 5.74) is 10.4. The molecule has 0 amide bonds. The van der Waals surface area contributed by atoms with E-state index in [0.717, 1.165) is 22.6 Å². The van der Waals surface area contributed by atoms with Crippen molar-refractivity contribution in [2.75, 3.05) is 12.8 Å². The van der Waals surface area contributed by atoms with Crippen molar-refractivity contribution in [2.24, 2.45) is 0 Å². The molecule has 0 fully saturated rings. The number of nitrogens with zero attached hydrogens (tertiary/aromatic N) is 3. The van der Waals surface area contributed by atoms with Gasteiger partial charge in [0.2, 0.25) is 0 Å². The third-order valence-corrected chi connectivity index (χ3v) is 3.28. The Morgan fingerprint density at radius 2 is 1.90 bits per heavy atom. The maximum absolute atomic E-state index is 6.13. The monoisotopic (exact) mass is 280 g/mol. The van der Waals surface area contributed by atoms with E-state index in [4.69, 9.17) is 10.5 Å². The number of ether oxygens (including phenoxy) is 1. The average Bonchev–Trinajstić information content (AvgIpc) is 2.90. The van der Waals surface area contributed by atoms with E-state index in [2.05, 4.69) is 10.1 Å². The van der Waals surface area contributed by atoms with Gasteiger partial charge < -0.3 is 10.5 Å². The number of methoxy groups -OCH3 is 1. The second kappa shape index (κ2) is 5.28. The van der Waals surface area contributed by atoms with Crippen molar-refractivity contribution in [3.8, 4) is 22.7 Å². The van der Waals surface area contributed by atoms with Gasteiger partial charge in [-0.25, -0.2) is 4.68 Å². The number of aromatic nitrogens is 3. The van der Waals surface area contributed by atoms with Crippen molar-refractivity contribution in [1.82, 2.24) is 14.8 Å². The summed E-state index contributed by atoms with van der Waals surface area (Å²) in [6.07, 6.45) is 5.24. The summed E-state index contributed by atoms with van der Waals surface area (Å²) in [5.74, 6) is 0.757. The van der Waals surface area contributed by atoms with Gasteiger partial charge in [0.05, 0.1) is 24.7 Å². The number of rotatable bonds is 3. The van der Waals surface area contributed by atoms with E-state index in [-0.39, 0.29) is 0 Å². The van der Waals surface area contributed by atoms with Crippen molar-refractivity contribution in [3.63, 3.8) is 0 Å². The van der Waals surface area contributed by atoms with E-state index in [0.29, 0.717) is 11.4 Å². The first kappa shape index (κ1) is 13.2. The van der Waals surface area contributed by atoms with Gasteiger partial charge in [-0.05, 0) is 31.2 Å². The molecule has 0 aliphatic heterocycles. The molecule has 0 radical (unpaired) electrons. The number of pyridine rings is 1. The molecule has 21 heavy (non-hydrogen) atoms. The number of anilines is 1. The maximum atomic E-state index is 6.13. The van der Waals surface area contributed by atoms with Gasteiger partial charge in [0.25, 0.3) is 0 Å². The van der Waals surface area contributed by atoms with Crippen LogP contribution in [0.3, 0.4) is 0 Å². The summed E-state index contributed by atoms with van der Waals surface area (Å²) in [6.45, 7) is 2.03. The summed E-state index contributed by atoms with van der Waals surface area (Å²) in [7, 11) is 1.64. The summed E-state index contributed by atoms with van der Waals surface area (Å²) < 4.78 is 7.15. The van der Waals surface area contributed by atoms with Gasteiger partial charge in [0, 0.05) is 18.0 Å². The second-order valence-corrected chi connectivity index (χ2v) is 4.79. The lowest BCUT2D eigenvalue weighted by molar-refractivity contribution is 0.416. The summed E-state index contributed by atoms with van der Waals surface area (Å²) in [4.78, 5) is 4.00. The van der Waals surface area contributed by atoms with E-state index < -0.39 is 0 Å². The standard InChI is InChI=1S/C16H16N4O/c1-11-3-4-15(21-2)13(9-11)16-14(17)10-20(19-16)12-5-7-18-8-6-12/h3-10H,17H2,1-2H3. The second-order valence-electron chi connectivity index (χ2n) is 4.79. The number of hydrogen-bond acceptors (Lipinski definition) is 4. The highest BCUT2D eigenvalue weighted by molar-refractivity contribution is 5.77. The molecule has 0 aliphatic carbocycles. The molecule has 5 nitrogen and oxygen atoms in total. The Kier molecular flexibility index (Phi) is 3.31. The Balaban J connectivity index is 2.12. The van der Waals surface area contributed by atoms with Crippen LogP contribution >= 0.6 is 0 Å². The molecular weight excluding hydrogens is 264 g/mol. The highest BCUT2D eigenvalue weighted by Gasteiger charge is 2.14. The average molecular weight is 280 g/mol. The molecule has 0 aliphatic rings. The zero-order valence-electron chi connectivity index (χ0n) is 11.9. The highest BCUT2D eigenvalue weighted by atomic mass is 16.5. The number of nitrogen functional groups attached to an aromatic ring is 1. The molecule has 0 atom stereocenters. The highest BCUT2D eigenvalue weighted by Crippen LogP contribution is 2.33. The number of aryl methyl sites for hydroxylation is 1. The molecule has 2 aromatic heterocycles. The molecule has 5 heteroatoms. The van der Waals surface area contributed by atoms with Crippen LogP contribution in [0.25, 0.3) is 16.9 Å². The lowest BCUT2D eigenvalue weighted by Crippen LogP contribution is -1.95. The van der Waals surface area contributed by atoms with E-state index in [1.807, 2.05) is 37.3 Å². The Morgan fingerprint density at radius 3 is 2.62 bits per heavy atom. The van der Waals surface area contributed by atoms with Crippen LogP contribution in [0.15, 0.2) is 48.9 Å². The smallest absolute Gasteiger partial charge is 0.128 e. The first-order valence-electron chi connectivity index (χ1n) is 6.59. The van der Waals surface area contributed by atoms with Gasteiger partial charge in [-0.1, -0.05) is 11.6 Å². The molecule has 2 heterocycles. The van der Waals surface area contributed by atoms with Crippen LogP contribution in [-0.2, 0) is 0 Å². The van der Waals surface area contributed by atoms with Crippen LogP contribution in [0.4, 0.5) is 5.69 Å². The molecule has 3 aromatic rings. The third kappa shape index (κ3) is 2.45. The van der Waals surface area contributed by atoms with Gasteiger partial charge >= 0.3 is 0 Å². The summed E-state index contributed by atoms with van der Waals surface area (Å²) >= 11 is 0. The lowest BCUT2D eigenvalue weighted by atomic mass is 10.1. The Labute approximate surface area is 123 Å². The van der Waals surface area contributed by atoms with Crippen molar-refractivity contribution in [3.05, 3.63) is 54.5 Å². The SMILES string of the molecule is COc1ccc(C)cc1-c1nn(-c2ccncc2)cc1N. The molecular formula is C16H16N4O. The first-order chi connectivity index (χ1) is 10.2. The van der Waals surface area contributed by atoms with Crippen molar-refractivity contribution < 1.29 is 4.74 Å². The van der Waals surface area contributed by atoms with Crippen LogP contribution in [-0.4, -0.2) is 21.9 Å². The fraction of sp³-hybridized carbons (Fsp3) is 0.125. The van der Waals surface area contributed by atoms with Crippen molar-refractivity contribution in [2.45, 2.75) is 6.92 Å². The summed E-state index contributed by atoms with van der Waals surface area (Å²) in [5, 5.41) is 4.58. The Bertz CT molecular complexity index is 765. The van der Waals surface area contributed by atoms with Gasteiger partial charge in [-0.15, -0.1) is 0 Å². The van der Waals surface area contributed by atoms with Crippen LogP contribution in [0.5, 0.6) is 5.75 Å². The molecule has 1 aromatic carbocycles. The predicted octanol–water partition coefficient (Wildman–Crippen LogP) is 2.83. The molecule has 3 rings (SSSR count). The van der Waals surface area contributed by atoms with Crippen molar-refractivity contribution >= 4 is 5.69 Å². The predicted molar refractivity (Wildman–Crippen MR) is 82.5 cm³/mol. The minimum absolute atomic E-state index is 0.607. The van der Waals surface area contributed by atoms with Gasteiger partial charge in [0.1, 0.15) is 11.4 Å². The quantitative estimate of drug-likeness (QED) is 0.801. The largest absolute Gasteiger partial charge is 0.496 e. The van der Waals surface area contributed by atoms with E-state index in [9.17, 15) is 0 Å². The van der Waals surface area contributed by atoms with Crippen molar-refractivity contribution in [1.29, 1.82) is 0 Å². The first-order valence-corrected chi connectivity index (χ1v) is 6.59. The maximum Gasteiger partial charge on any atom is 0.128 e. The van der Waals surface area contributed by atoms with Gasteiger partial charge in [0.15, 0.2) is 0 Å². The lowest BCUT2D eigenvalue weighted by Gasteiger charge is -2.08. The molecule has 0 saturated heterocycles. The number of benzene rings is 1. The van der Waals surface area contributed by atoms with Crippen LogP contribution in [0.1, 0.15) is 5.56 Å². The van der Waals surface area contributed by atoms with E-state index >= 15 is 0 Å². The molecule has 0 bridgehead atoms. The minimum Gasteiger partial charge on any atom is -0.496 e. The molecule has 0 unspecified atom stereocenters. The number of nitrogens with two attached hydrogens (primary N) is 1. The summed E-state index contributed by atoms with van der Waals surface area (Å²) in [6, 6.07) is 9.70. The third-order valence-electron chi connectivity index (χ3n) is 3.28. The number of hydrogen-bond donors (Lipinski definition) is 1. The van der Waals surface area contributed by atoms with Gasteiger partial charge in [-0.2, -0.15) is 5.10 Å². The molecule has 0 saturated carbocycles. The molecule has 2 N–H and O–H groups in total. The molecule has 106 valence electrons. The zero-order valence-corrected chi connectivity index (χ0v) is 11.9.